The van der Waals surface area contributed by atoms with Crippen molar-refractivity contribution in [3.05, 3.63) is 48.7 Å². The molecule has 24 heavy (non-hydrogen) atoms. The number of rotatable bonds is 7. The Hall–Kier alpha value is -1.90. The van der Waals surface area contributed by atoms with Crippen LogP contribution in [-0.4, -0.2) is 43.5 Å². The molecule has 0 aliphatic heterocycles. The Bertz CT molecular complexity index is 776. The largest absolute Gasteiger partial charge is 0.326 e. The van der Waals surface area contributed by atoms with E-state index in [9.17, 15) is 13.2 Å². The van der Waals surface area contributed by atoms with E-state index in [0.717, 1.165) is 9.99 Å². The fourth-order valence-electron chi connectivity index (χ4n) is 1.81. The lowest BCUT2D eigenvalue weighted by molar-refractivity contribution is -0.115. The van der Waals surface area contributed by atoms with Crippen LogP contribution in [0.15, 0.2) is 58.6 Å². The van der Waals surface area contributed by atoms with Gasteiger partial charge in [0.25, 0.3) is 0 Å². The lowest BCUT2D eigenvalue weighted by atomic mass is 10.3. The number of pyridine rings is 1. The number of sulfonamides is 1. The molecule has 128 valence electrons. The topological polar surface area (TPSA) is 79.4 Å². The van der Waals surface area contributed by atoms with E-state index in [2.05, 4.69) is 10.3 Å². The molecule has 1 N–H and O–H groups in total. The second-order valence-corrected chi connectivity index (χ2v) is 8.40. The van der Waals surface area contributed by atoms with Crippen LogP contribution in [0.2, 0.25) is 0 Å². The van der Waals surface area contributed by atoms with Gasteiger partial charge in [-0.05, 0) is 24.3 Å². The number of hydrogen-bond donors (Lipinski definition) is 1. The van der Waals surface area contributed by atoms with Gasteiger partial charge in [-0.2, -0.15) is 0 Å². The number of anilines is 1. The molecule has 0 fully saturated rings. The van der Waals surface area contributed by atoms with Crippen LogP contribution >= 0.6 is 11.8 Å². The summed E-state index contributed by atoms with van der Waals surface area (Å²) >= 11 is 1.41. The highest BCUT2D eigenvalue weighted by Crippen LogP contribution is 2.19. The third-order valence-corrected chi connectivity index (χ3v) is 5.87. The molecular weight excluding hydrogens is 346 g/mol. The Morgan fingerprint density at radius 1 is 1.17 bits per heavy atom. The zero-order chi connectivity index (χ0) is 17.6. The Balaban J connectivity index is 1.84. The van der Waals surface area contributed by atoms with Crippen LogP contribution in [0.1, 0.15) is 6.42 Å². The second-order valence-electron chi connectivity index (χ2n) is 5.13. The van der Waals surface area contributed by atoms with Crippen molar-refractivity contribution in [1.29, 1.82) is 0 Å². The van der Waals surface area contributed by atoms with Crippen LogP contribution in [0.4, 0.5) is 5.69 Å². The van der Waals surface area contributed by atoms with Gasteiger partial charge in [0.15, 0.2) is 0 Å². The van der Waals surface area contributed by atoms with Gasteiger partial charge in [0.1, 0.15) is 4.90 Å². The highest BCUT2D eigenvalue weighted by atomic mass is 32.2. The van der Waals surface area contributed by atoms with E-state index in [0.29, 0.717) is 17.2 Å². The molecule has 0 unspecified atom stereocenters. The van der Waals surface area contributed by atoms with Crippen LogP contribution in [0.3, 0.4) is 0 Å². The first-order valence-corrected chi connectivity index (χ1v) is 9.68. The predicted octanol–water partition coefficient (Wildman–Crippen LogP) is 2.45. The van der Waals surface area contributed by atoms with Crippen molar-refractivity contribution < 1.29 is 13.2 Å². The molecule has 1 aromatic heterocycles. The SMILES string of the molecule is CN(C)S(=O)(=O)c1ccc(SCCC(=O)Nc2ccccc2)nc1. The fourth-order valence-corrected chi connectivity index (χ4v) is 3.44. The Morgan fingerprint density at radius 3 is 2.46 bits per heavy atom. The van der Waals surface area contributed by atoms with E-state index in [-0.39, 0.29) is 10.8 Å². The molecule has 0 saturated heterocycles. The molecule has 6 nitrogen and oxygen atoms in total. The number of carbonyl (C=O) groups is 1. The first-order valence-electron chi connectivity index (χ1n) is 7.26. The Morgan fingerprint density at radius 2 is 1.88 bits per heavy atom. The summed E-state index contributed by atoms with van der Waals surface area (Å²) in [6.45, 7) is 0. The van der Waals surface area contributed by atoms with Crippen molar-refractivity contribution in [1.82, 2.24) is 9.29 Å². The molecule has 1 amide bonds. The van der Waals surface area contributed by atoms with Crippen LogP contribution in [0, 0.1) is 0 Å². The monoisotopic (exact) mass is 365 g/mol. The summed E-state index contributed by atoms with van der Waals surface area (Å²) in [5.74, 6) is 0.492. The van der Waals surface area contributed by atoms with Gasteiger partial charge in [0.2, 0.25) is 15.9 Å². The van der Waals surface area contributed by atoms with Gasteiger partial charge in [-0.3, -0.25) is 4.79 Å². The number of nitrogens with zero attached hydrogens (tertiary/aromatic N) is 2. The molecule has 0 radical (unpaired) electrons. The molecule has 0 atom stereocenters. The molecule has 0 aliphatic carbocycles. The van der Waals surface area contributed by atoms with Crippen molar-refractivity contribution in [2.24, 2.45) is 0 Å². The van der Waals surface area contributed by atoms with Crippen molar-refractivity contribution in [2.45, 2.75) is 16.3 Å². The number of para-hydroxylation sites is 1. The smallest absolute Gasteiger partial charge is 0.244 e. The van der Waals surface area contributed by atoms with E-state index >= 15 is 0 Å². The van der Waals surface area contributed by atoms with E-state index < -0.39 is 10.0 Å². The molecule has 0 saturated carbocycles. The highest BCUT2D eigenvalue weighted by molar-refractivity contribution is 7.99. The average molecular weight is 365 g/mol. The van der Waals surface area contributed by atoms with Gasteiger partial charge in [-0.25, -0.2) is 17.7 Å². The molecule has 1 aromatic carbocycles. The summed E-state index contributed by atoms with van der Waals surface area (Å²) in [5, 5.41) is 3.49. The quantitative estimate of drug-likeness (QED) is 0.763. The molecule has 2 aromatic rings. The third kappa shape index (κ3) is 5.05. The van der Waals surface area contributed by atoms with E-state index in [1.807, 2.05) is 30.3 Å². The minimum absolute atomic E-state index is 0.0690. The number of thioether (sulfide) groups is 1. The summed E-state index contributed by atoms with van der Waals surface area (Å²) in [6, 6.07) is 12.4. The molecule has 2 rings (SSSR count). The molecule has 1 heterocycles. The number of nitrogens with one attached hydrogen (secondary N) is 1. The third-order valence-electron chi connectivity index (χ3n) is 3.12. The standard InChI is InChI=1S/C16H19N3O3S2/c1-19(2)24(21,22)14-8-9-16(17-12-14)23-11-10-15(20)18-13-6-4-3-5-7-13/h3-9,12H,10-11H2,1-2H3,(H,18,20). The fraction of sp³-hybridized carbons (Fsp3) is 0.250. The maximum Gasteiger partial charge on any atom is 0.244 e. The summed E-state index contributed by atoms with van der Waals surface area (Å²) in [5.41, 5.74) is 0.767. The van der Waals surface area contributed by atoms with Crippen molar-refractivity contribution in [3.63, 3.8) is 0 Å². The zero-order valence-corrected chi connectivity index (χ0v) is 15.1. The maximum atomic E-state index is 11.9. The Kier molecular flexibility index (Phi) is 6.36. The number of carbonyl (C=O) groups excluding carboxylic acids is 1. The van der Waals surface area contributed by atoms with Crippen LogP contribution in [0.25, 0.3) is 0 Å². The van der Waals surface area contributed by atoms with Gasteiger partial charge in [-0.15, -0.1) is 11.8 Å². The summed E-state index contributed by atoms with van der Waals surface area (Å²) in [7, 11) is -0.514. The van der Waals surface area contributed by atoms with Crippen LogP contribution in [0.5, 0.6) is 0 Å². The first-order chi connectivity index (χ1) is 11.4. The van der Waals surface area contributed by atoms with Crippen molar-refractivity contribution >= 4 is 33.4 Å². The van der Waals surface area contributed by atoms with Gasteiger partial charge in [-0.1, -0.05) is 18.2 Å². The Labute approximate surface area is 146 Å². The van der Waals surface area contributed by atoms with E-state index in [1.54, 1.807) is 6.07 Å². The van der Waals surface area contributed by atoms with Crippen LogP contribution in [-0.2, 0) is 14.8 Å². The number of aromatic nitrogens is 1. The van der Waals surface area contributed by atoms with Crippen molar-refractivity contribution in [2.75, 3.05) is 25.2 Å². The first kappa shape index (κ1) is 18.4. The van der Waals surface area contributed by atoms with E-state index in [4.69, 9.17) is 0 Å². The molecule has 0 spiro atoms. The normalized spacial score (nSPS) is 11.5. The van der Waals surface area contributed by atoms with E-state index in [1.165, 1.54) is 38.1 Å². The van der Waals surface area contributed by atoms with Crippen LogP contribution < -0.4 is 5.32 Å². The molecular formula is C16H19N3O3S2. The second kappa shape index (κ2) is 8.27. The minimum atomic E-state index is -3.46. The molecule has 0 aliphatic rings. The number of hydrogen-bond acceptors (Lipinski definition) is 5. The molecule has 0 bridgehead atoms. The lowest BCUT2D eigenvalue weighted by Gasteiger charge is -2.11. The zero-order valence-electron chi connectivity index (χ0n) is 13.5. The summed E-state index contributed by atoms with van der Waals surface area (Å²) in [6.07, 6.45) is 1.68. The average Bonchev–Trinajstić information content (AvgIpc) is 2.56. The number of benzene rings is 1. The molecule has 8 heteroatoms. The number of amides is 1. The summed E-state index contributed by atoms with van der Waals surface area (Å²) in [4.78, 5) is 16.1. The van der Waals surface area contributed by atoms with Gasteiger partial charge in [0, 0.05) is 38.2 Å². The van der Waals surface area contributed by atoms with Gasteiger partial charge < -0.3 is 5.32 Å². The van der Waals surface area contributed by atoms with Gasteiger partial charge in [0.05, 0.1) is 5.03 Å². The minimum Gasteiger partial charge on any atom is -0.326 e. The van der Waals surface area contributed by atoms with Crippen molar-refractivity contribution in [3.8, 4) is 0 Å². The lowest BCUT2D eigenvalue weighted by Crippen LogP contribution is -2.22. The summed E-state index contributed by atoms with van der Waals surface area (Å²) < 4.78 is 25.0. The van der Waals surface area contributed by atoms with Gasteiger partial charge >= 0.3 is 0 Å². The predicted molar refractivity (Wildman–Crippen MR) is 95.5 cm³/mol. The highest BCUT2D eigenvalue weighted by Gasteiger charge is 2.17. The maximum absolute atomic E-state index is 11.9.